The third kappa shape index (κ3) is 4.11. The number of hydrogen-bond acceptors (Lipinski definition) is 2. The minimum absolute atomic E-state index is 0.0538. The Labute approximate surface area is 160 Å². The summed E-state index contributed by atoms with van der Waals surface area (Å²) in [5, 5.41) is 12.1. The Balaban J connectivity index is 1.84. The minimum atomic E-state index is -0.431. The van der Waals surface area contributed by atoms with E-state index in [2.05, 4.69) is 21.2 Å². The Bertz CT molecular complexity index is 996. The second kappa shape index (κ2) is 7.85. The number of rotatable bonds is 4. The predicted octanol–water partition coefficient (Wildman–Crippen LogP) is 5.09. The lowest BCUT2D eigenvalue weighted by Crippen LogP contribution is -2.13. The molecule has 0 atom stereocenters. The van der Waals surface area contributed by atoms with Crippen molar-refractivity contribution in [3.05, 3.63) is 88.2 Å². The molecule has 0 radical (unpaired) electrons. The van der Waals surface area contributed by atoms with Crippen molar-refractivity contribution < 1.29 is 4.79 Å². The zero-order valence-corrected chi connectivity index (χ0v) is 15.7. The molecule has 0 spiro atoms. The average Bonchev–Trinajstić information content (AvgIpc) is 3.02. The summed E-state index contributed by atoms with van der Waals surface area (Å²) in [6, 6.07) is 21.0. The van der Waals surface area contributed by atoms with Crippen LogP contribution in [-0.4, -0.2) is 10.5 Å². The number of benzene rings is 2. The van der Waals surface area contributed by atoms with Crippen LogP contribution in [-0.2, 0) is 4.79 Å². The summed E-state index contributed by atoms with van der Waals surface area (Å²) in [5.41, 5.74) is 3.54. The zero-order chi connectivity index (χ0) is 18.5. The van der Waals surface area contributed by atoms with Crippen molar-refractivity contribution >= 4 is 33.6 Å². The summed E-state index contributed by atoms with van der Waals surface area (Å²) < 4.78 is 2.94. The van der Waals surface area contributed by atoms with E-state index < -0.39 is 5.91 Å². The lowest BCUT2D eigenvalue weighted by molar-refractivity contribution is -0.112. The Hall–Kier alpha value is -3.10. The molecule has 0 aliphatic heterocycles. The first kappa shape index (κ1) is 17.7. The van der Waals surface area contributed by atoms with Crippen LogP contribution in [0.3, 0.4) is 0 Å². The van der Waals surface area contributed by atoms with Gasteiger partial charge in [0.25, 0.3) is 5.91 Å². The van der Waals surface area contributed by atoms with E-state index in [1.165, 1.54) is 0 Å². The fourth-order valence-corrected chi connectivity index (χ4v) is 2.86. The third-order valence-electron chi connectivity index (χ3n) is 3.85. The van der Waals surface area contributed by atoms with Crippen molar-refractivity contribution in [2.24, 2.45) is 0 Å². The van der Waals surface area contributed by atoms with Gasteiger partial charge in [-0.3, -0.25) is 4.79 Å². The molecule has 0 unspecified atom stereocenters. The molecule has 2 aromatic carbocycles. The van der Waals surface area contributed by atoms with Crippen LogP contribution in [0.5, 0.6) is 0 Å². The van der Waals surface area contributed by atoms with E-state index in [-0.39, 0.29) is 5.57 Å². The molecule has 4 nitrogen and oxygen atoms in total. The second-order valence-electron chi connectivity index (χ2n) is 5.75. The van der Waals surface area contributed by atoms with Gasteiger partial charge in [-0.15, -0.1) is 0 Å². The first-order chi connectivity index (χ1) is 12.6. The molecule has 0 bridgehead atoms. The molecular formula is C21H16BrN3O. The zero-order valence-electron chi connectivity index (χ0n) is 14.1. The molecule has 0 aliphatic rings. The highest BCUT2D eigenvalue weighted by Gasteiger charge is 2.11. The molecule has 128 valence electrons. The second-order valence-corrected chi connectivity index (χ2v) is 6.67. The van der Waals surface area contributed by atoms with Crippen LogP contribution >= 0.6 is 15.9 Å². The van der Waals surface area contributed by atoms with Crippen LogP contribution in [0.4, 0.5) is 5.69 Å². The van der Waals surface area contributed by atoms with E-state index in [1.54, 1.807) is 18.2 Å². The summed E-state index contributed by atoms with van der Waals surface area (Å²) in [4.78, 5) is 12.4. The molecule has 1 heterocycles. The number of hydrogen-bond donors (Lipinski definition) is 1. The van der Waals surface area contributed by atoms with Gasteiger partial charge in [0.1, 0.15) is 11.6 Å². The number of nitrogens with one attached hydrogen (secondary N) is 1. The number of carbonyl (C=O) groups is 1. The first-order valence-corrected chi connectivity index (χ1v) is 8.79. The molecule has 1 amide bonds. The maximum absolute atomic E-state index is 12.4. The SMILES string of the molecule is Cc1cc(/C=C(\C#N)C(=O)Nc2ccc(Br)cc2)cn1-c1ccccc1. The number of aryl methyl sites for hydroxylation is 1. The predicted molar refractivity (Wildman–Crippen MR) is 107 cm³/mol. The van der Waals surface area contributed by atoms with Gasteiger partial charge in [-0.25, -0.2) is 0 Å². The minimum Gasteiger partial charge on any atom is -0.321 e. The van der Waals surface area contributed by atoms with E-state index in [0.717, 1.165) is 21.4 Å². The van der Waals surface area contributed by atoms with Gasteiger partial charge in [-0.05, 0) is 61.0 Å². The number of nitriles is 1. The molecule has 0 saturated carbocycles. The smallest absolute Gasteiger partial charge is 0.266 e. The average molecular weight is 406 g/mol. The highest BCUT2D eigenvalue weighted by atomic mass is 79.9. The van der Waals surface area contributed by atoms with Crippen LogP contribution < -0.4 is 5.32 Å². The number of halogens is 1. The van der Waals surface area contributed by atoms with Gasteiger partial charge < -0.3 is 9.88 Å². The molecule has 1 aromatic heterocycles. The van der Waals surface area contributed by atoms with Crippen molar-refractivity contribution in [1.82, 2.24) is 4.57 Å². The van der Waals surface area contributed by atoms with Gasteiger partial charge >= 0.3 is 0 Å². The summed E-state index contributed by atoms with van der Waals surface area (Å²) in [5.74, 6) is -0.431. The quantitative estimate of drug-likeness (QED) is 0.485. The van der Waals surface area contributed by atoms with Gasteiger partial charge in [0.15, 0.2) is 0 Å². The van der Waals surface area contributed by atoms with Crippen molar-refractivity contribution in [3.8, 4) is 11.8 Å². The summed E-state index contributed by atoms with van der Waals surface area (Å²) in [7, 11) is 0. The number of nitrogens with zero attached hydrogens (tertiary/aromatic N) is 2. The molecule has 0 aliphatic carbocycles. The van der Waals surface area contributed by atoms with Gasteiger partial charge in [-0.2, -0.15) is 5.26 Å². The lowest BCUT2D eigenvalue weighted by Gasteiger charge is -2.05. The molecule has 26 heavy (non-hydrogen) atoms. The van der Waals surface area contributed by atoms with Gasteiger partial charge in [0.05, 0.1) is 0 Å². The van der Waals surface area contributed by atoms with Crippen molar-refractivity contribution in [2.75, 3.05) is 5.32 Å². The summed E-state index contributed by atoms with van der Waals surface area (Å²) in [6.07, 6.45) is 3.51. The van der Waals surface area contributed by atoms with Gasteiger partial charge in [-0.1, -0.05) is 34.1 Å². The van der Waals surface area contributed by atoms with E-state index in [1.807, 2.05) is 72.3 Å². The van der Waals surface area contributed by atoms with E-state index >= 15 is 0 Å². The standard InChI is InChI=1S/C21H16BrN3O/c1-15-11-16(14-25(15)20-5-3-2-4-6-20)12-17(13-23)21(26)24-19-9-7-18(22)8-10-19/h2-12,14H,1H3,(H,24,26)/b17-12+. The Kier molecular flexibility index (Phi) is 5.35. The lowest BCUT2D eigenvalue weighted by atomic mass is 10.2. The molecule has 5 heteroatoms. The van der Waals surface area contributed by atoms with Crippen LogP contribution in [0.2, 0.25) is 0 Å². The Morgan fingerprint density at radius 1 is 1.15 bits per heavy atom. The molecule has 3 rings (SSSR count). The maximum atomic E-state index is 12.4. The number of aromatic nitrogens is 1. The van der Waals surface area contributed by atoms with E-state index in [0.29, 0.717) is 5.69 Å². The highest BCUT2D eigenvalue weighted by Crippen LogP contribution is 2.19. The largest absolute Gasteiger partial charge is 0.321 e. The van der Waals surface area contributed by atoms with Crippen molar-refractivity contribution in [2.45, 2.75) is 6.92 Å². The van der Waals surface area contributed by atoms with Crippen LogP contribution in [0.15, 0.2) is 76.9 Å². The molecule has 3 aromatic rings. The van der Waals surface area contributed by atoms with Crippen LogP contribution in [0, 0.1) is 18.3 Å². The molecule has 0 fully saturated rings. The monoisotopic (exact) mass is 405 g/mol. The summed E-state index contributed by atoms with van der Waals surface area (Å²) >= 11 is 3.35. The van der Waals surface area contributed by atoms with Gasteiger partial charge in [0.2, 0.25) is 0 Å². The van der Waals surface area contributed by atoms with Crippen molar-refractivity contribution in [3.63, 3.8) is 0 Å². The Morgan fingerprint density at radius 2 is 1.85 bits per heavy atom. The van der Waals surface area contributed by atoms with Crippen LogP contribution in [0.1, 0.15) is 11.3 Å². The molecule has 0 saturated heterocycles. The van der Waals surface area contributed by atoms with Gasteiger partial charge in [0, 0.05) is 27.7 Å². The Morgan fingerprint density at radius 3 is 2.50 bits per heavy atom. The highest BCUT2D eigenvalue weighted by molar-refractivity contribution is 9.10. The van der Waals surface area contributed by atoms with E-state index in [4.69, 9.17) is 0 Å². The number of amides is 1. The third-order valence-corrected chi connectivity index (χ3v) is 4.37. The fourth-order valence-electron chi connectivity index (χ4n) is 2.59. The number of para-hydroxylation sites is 1. The normalized spacial score (nSPS) is 11.0. The first-order valence-electron chi connectivity index (χ1n) is 8.00. The summed E-state index contributed by atoms with van der Waals surface area (Å²) in [6.45, 7) is 1.98. The van der Waals surface area contributed by atoms with Crippen LogP contribution in [0.25, 0.3) is 11.8 Å². The van der Waals surface area contributed by atoms with Crippen molar-refractivity contribution in [1.29, 1.82) is 5.26 Å². The maximum Gasteiger partial charge on any atom is 0.266 e. The topological polar surface area (TPSA) is 57.8 Å². The fraction of sp³-hybridized carbons (Fsp3) is 0.0476. The van der Waals surface area contributed by atoms with E-state index in [9.17, 15) is 10.1 Å². The number of carbonyl (C=O) groups excluding carboxylic acids is 1. The molecular weight excluding hydrogens is 390 g/mol. The molecule has 1 N–H and O–H groups in total. The number of anilines is 1.